The Hall–Kier alpha value is -1.77. The van der Waals surface area contributed by atoms with E-state index in [4.69, 9.17) is 0 Å². The third kappa shape index (κ3) is 1.62. The van der Waals surface area contributed by atoms with E-state index < -0.39 is 5.97 Å². The van der Waals surface area contributed by atoms with Crippen LogP contribution in [0.25, 0.3) is 10.9 Å². The molecule has 17 heavy (non-hydrogen) atoms. The Morgan fingerprint density at radius 1 is 1.35 bits per heavy atom. The average Bonchev–Trinajstić information content (AvgIpc) is 2.59. The topological polar surface area (TPSA) is 42.2 Å². The van der Waals surface area contributed by atoms with Crippen LogP contribution >= 0.6 is 0 Å². The monoisotopic (exact) mass is 231 g/mol. The maximum atomic E-state index is 11.3. The minimum Gasteiger partial charge on any atom is -0.478 e. The van der Waals surface area contributed by atoms with Gasteiger partial charge in [0.2, 0.25) is 0 Å². The molecule has 3 heteroatoms. The highest BCUT2D eigenvalue weighted by Crippen LogP contribution is 2.29. The van der Waals surface area contributed by atoms with Crippen LogP contribution in [-0.2, 0) is 13.0 Å². The van der Waals surface area contributed by atoms with Gasteiger partial charge in [0, 0.05) is 23.1 Å². The molecule has 0 aliphatic heterocycles. The number of rotatable bonds is 3. The van der Waals surface area contributed by atoms with Crippen molar-refractivity contribution in [3.8, 4) is 0 Å². The molecule has 1 heterocycles. The molecule has 1 aromatic carbocycles. The smallest absolute Gasteiger partial charge is 0.336 e. The lowest BCUT2D eigenvalue weighted by Crippen LogP contribution is -1.98. The van der Waals surface area contributed by atoms with Crippen molar-refractivity contribution in [1.82, 2.24) is 4.57 Å². The first kappa shape index (κ1) is 11.7. The van der Waals surface area contributed by atoms with Crippen LogP contribution in [0.1, 0.15) is 35.5 Å². The number of carboxylic acids is 1. The second-order valence-electron chi connectivity index (χ2n) is 4.17. The first-order valence-corrected chi connectivity index (χ1v) is 5.95. The zero-order chi connectivity index (χ0) is 12.6. The van der Waals surface area contributed by atoms with E-state index in [1.54, 1.807) is 6.07 Å². The maximum absolute atomic E-state index is 11.3. The molecule has 0 radical (unpaired) electrons. The Balaban J connectivity index is 2.94. The quantitative estimate of drug-likeness (QED) is 0.881. The van der Waals surface area contributed by atoms with Crippen molar-refractivity contribution >= 4 is 16.9 Å². The lowest BCUT2D eigenvalue weighted by molar-refractivity contribution is 0.0699. The minimum atomic E-state index is -0.849. The van der Waals surface area contributed by atoms with Crippen LogP contribution in [-0.4, -0.2) is 15.6 Å². The number of hydrogen-bond donors (Lipinski definition) is 1. The number of aryl methyl sites for hydroxylation is 2. The van der Waals surface area contributed by atoms with Crippen LogP contribution < -0.4 is 0 Å². The summed E-state index contributed by atoms with van der Waals surface area (Å²) in [5, 5.41) is 10.2. The average molecular weight is 231 g/mol. The van der Waals surface area contributed by atoms with Crippen molar-refractivity contribution in [1.29, 1.82) is 0 Å². The SMILES string of the molecule is CCc1c(C)n(CC)c2cccc(C(=O)O)c12. The van der Waals surface area contributed by atoms with E-state index in [0.717, 1.165) is 29.4 Å². The van der Waals surface area contributed by atoms with E-state index in [2.05, 4.69) is 25.3 Å². The fourth-order valence-corrected chi connectivity index (χ4v) is 2.63. The number of hydrogen-bond acceptors (Lipinski definition) is 1. The summed E-state index contributed by atoms with van der Waals surface area (Å²) >= 11 is 0. The molecule has 0 amide bonds. The Kier molecular flexibility index (Phi) is 2.92. The zero-order valence-corrected chi connectivity index (χ0v) is 10.4. The van der Waals surface area contributed by atoms with E-state index in [-0.39, 0.29) is 0 Å². The Bertz CT molecular complexity index is 581. The molecular formula is C14H17NO2. The summed E-state index contributed by atoms with van der Waals surface area (Å²) in [4.78, 5) is 11.3. The molecule has 1 N–H and O–H groups in total. The summed E-state index contributed by atoms with van der Waals surface area (Å²) in [7, 11) is 0. The number of aromatic nitrogens is 1. The summed E-state index contributed by atoms with van der Waals surface area (Å²) in [5.41, 5.74) is 3.77. The largest absolute Gasteiger partial charge is 0.478 e. The number of aromatic carboxylic acids is 1. The predicted molar refractivity (Wildman–Crippen MR) is 68.7 cm³/mol. The summed E-state index contributed by atoms with van der Waals surface area (Å²) in [6.45, 7) is 7.08. The van der Waals surface area contributed by atoms with Gasteiger partial charge in [-0.05, 0) is 38.0 Å². The number of benzene rings is 1. The van der Waals surface area contributed by atoms with Gasteiger partial charge in [0.05, 0.1) is 5.56 Å². The second kappa shape index (κ2) is 4.24. The third-order valence-electron chi connectivity index (χ3n) is 3.38. The van der Waals surface area contributed by atoms with Gasteiger partial charge in [-0.15, -0.1) is 0 Å². The van der Waals surface area contributed by atoms with Gasteiger partial charge in [-0.3, -0.25) is 0 Å². The van der Waals surface area contributed by atoms with Crippen molar-refractivity contribution in [2.75, 3.05) is 0 Å². The molecular weight excluding hydrogens is 214 g/mol. The normalized spacial score (nSPS) is 11.0. The molecule has 0 saturated heterocycles. The Labute approximate surface area is 101 Å². The van der Waals surface area contributed by atoms with Crippen LogP contribution in [0.5, 0.6) is 0 Å². The molecule has 2 aromatic rings. The molecule has 0 bridgehead atoms. The lowest BCUT2D eigenvalue weighted by Gasteiger charge is -2.03. The number of nitrogens with zero attached hydrogens (tertiary/aromatic N) is 1. The summed E-state index contributed by atoms with van der Waals surface area (Å²) in [6.07, 6.45) is 0.861. The van der Waals surface area contributed by atoms with Gasteiger partial charge < -0.3 is 9.67 Å². The molecule has 0 unspecified atom stereocenters. The van der Waals surface area contributed by atoms with Crippen LogP contribution in [0, 0.1) is 6.92 Å². The molecule has 0 aliphatic carbocycles. The van der Waals surface area contributed by atoms with Gasteiger partial charge >= 0.3 is 5.97 Å². The van der Waals surface area contributed by atoms with Gasteiger partial charge in [-0.2, -0.15) is 0 Å². The Morgan fingerprint density at radius 2 is 2.06 bits per heavy atom. The van der Waals surface area contributed by atoms with Gasteiger partial charge in [0.25, 0.3) is 0 Å². The summed E-state index contributed by atoms with van der Waals surface area (Å²) in [6, 6.07) is 5.50. The van der Waals surface area contributed by atoms with Crippen LogP contribution in [0.15, 0.2) is 18.2 Å². The van der Waals surface area contributed by atoms with Gasteiger partial charge in [0.1, 0.15) is 0 Å². The van der Waals surface area contributed by atoms with Gasteiger partial charge in [-0.1, -0.05) is 13.0 Å². The summed E-state index contributed by atoms with van der Waals surface area (Å²) in [5.74, 6) is -0.849. The lowest BCUT2D eigenvalue weighted by atomic mass is 10.0. The first-order chi connectivity index (χ1) is 8.11. The highest BCUT2D eigenvalue weighted by Gasteiger charge is 2.17. The van der Waals surface area contributed by atoms with Crippen molar-refractivity contribution in [3.05, 3.63) is 35.0 Å². The minimum absolute atomic E-state index is 0.412. The number of carboxylic acid groups (broad SMARTS) is 1. The molecule has 0 spiro atoms. The van der Waals surface area contributed by atoms with Crippen LogP contribution in [0.4, 0.5) is 0 Å². The summed E-state index contributed by atoms with van der Waals surface area (Å²) < 4.78 is 2.18. The van der Waals surface area contributed by atoms with E-state index in [9.17, 15) is 9.90 Å². The highest BCUT2D eigenvalue weighted by atomic mass is 16.4. The van der Waals surface area contributed by atoms with E-state index in [0.29, 0.717) is 5.56 Å². The molecule has 0 saturated carbocycles. The first-order valence-electron chi connectivity index (χ1n) is 5.95. The van der Waals surface area contributed by atoms with E-state index >= 15 is 0 Å². The highest BCUT2D eigenvalue weighted by molar-refractivity contribution is 6.05. The Morgan fingerprint density at radius 3 is 2.59 bits per heavy atom. The zero-order valence-electron chi connectivity index (χ0n) is 10.4. The number of carbonyl (C=O) groups is 1. The molecule has 1 aromatic heterocycles. The molecule has 0 atom stereocenters. The predicted octanol–water partition coefficient (Wildman–Crippen LogP) is 3.23. The van der Waals surface area contributed by atoms with Crippen molar-refractivity contribution in [2.24, 2.45) is 0 Å². The molecule has 3 nitrogen and oxygen atoms in total. The fourth-order valence-electron chi connectivity index (χ4n) is 2.63. The second-order valence-corrected chi connectivity index (χ2v) is 4.17. The van der Waals surface area contributed by atoms with Gasteiger partial charge in [-0.25, -0.2) is 4.79 Å². The molecule has 2 rings (SSSR count). The molecule has 0 aliphatic rings. The van der Waals surface area contributed by atoms with E-state index in [1.807, 2.05) is 12.1 Å². The molecule has 90 valence electrons. The third-order valence-corrected chi connectivity index (χ3v) is 3.38. The van der Waals surface area contributed by atoms with Crippen LogP contribution in [0.2, 0.25) is 0 Å². The molecule has 0 fully saturated rings. The van der Waals surface area contributed by atoms with E-state index in [1.165, 1.54) is 5.69 Å². The maximum Gasteiger partial charge on any atom is 0.336 e. The number of fused-ring (bicyclic) bond motifs is 1. The van der Waals surface area contributed by atoms with Crippen molar-refractivity contribution in [3.63, 3.8) is 0 Å². The standard InChI is InChI=1S/C14H17NO2/c1-4-10-9(3)15(5-2)12-8-6-7-11(13(10)12)14(16)17/h6-8H,4-5H2,1-3H3,(H,16,17). The van der Waals surface area contributed by atoms with Crippen molar-refractivity contribution in [2.45, 2.75) is 33.7 Å². The van der Waals surface area contributed by atoms with Crippen molar-refractivity contribution < 1.29 is 9.90 Å². The van der Waals surface area contributed by atoms with Gasteiger partial charge in [0.15, 0.2) is 0 Å². The van der Waals surface area contributed by atoms with Crippen LogP contribution in [0.3, 0.4) is 0 Å². The fraction of sp³-hybridized carbons (Fsp3) is 0.357.